The van der Waals surface area contributed by atoms with Gasteiger partial charge in [-0.3, -0.25) is 0 Å². The largest absolute Gasteiger partial charge is 0.393 e. The lowest BCUT2D eigenvalue weighted by Gasteiger charge is -2.57. The monoisotopic (exact) mass is 386 g/mol. The second-order valence-corrected chi connectivity index (χ2v) is 12.2. The molecule has 1 nitrogen and oxygen atoms in total. The van der Waals surface area contributed by atoms with Gasteiger partial charge in [0.05, 0.1) is 6.10 Å². The number of allylic oxidation sites excluding steroid dienone is 2. The third-order valence-electron chi connectivity index (χ3n) is 10.2. The fourth-order valence-electron chi connectivity index (χ4n) is 8.53. The summed E-state index contributed by atoms with van der Waals surface area (Å²) in [4.78, 5) is 0. The molecule has 8 atom stereocenters. The summed E-state index contributed by atoms with van der Waals surface area (Å²) < 4.78 is 0. The fourth-order valence-corrected chi connectivity index (χ4v) is 8.53. The summed E-state index contributed by atoms with van der Waals surface area (Å²) in [6.45, 7) is 12.5. The number of hydrogen-bond donors (Lipinski definition) is 1. The van der Waals surface area contributed by atoms with Crippen LogP contribution in [0.4, 0.5) is 0 Å². The molecule has 0 bridgehead atoms. The lowest BCUT2D eigenvalue weighted by Crippen LogP contribution is -2.48. The van der Waals surface area contributed by atoms with Crippen LogP contribution in [0.2, 0.25) is 0 Å². The topological polar surface area (TPSA) is 20.2 Å². The van der Waals surface area contributed by atoms with Gasteiger partial charge in [-0.2, -0.15) is 0 Å². The quantitative estimate of drug-likeness (QED) is 0.488. The fraction of sp³-hybridized carbons (Fsp3) is 0.926. The van der Waals surface area contributed by atoms with Crippen LogP contribution in [-0.4, -0.2) is 11.2 Å². The molecule has 28 heavy (non-hydrogen) atoms. The Kier molecular flexibility index (Phi) is 5.80. The molecule has 4 aliphatic carbocycles. The van der Waals surface area contributed by atoms with Gasteiger partial charge in [0.15, 0.2) is 0 Å². The first-order valence-electron chi connectivity index (χ1n) is 12.6. The average Bonchev–Trinajstić information content (AvgIpc) is 2.99. The third kappa shape index (κ3) is 3.42. The van der Waals surface area contributed by atoms with Crippen LogP contribution in [0.15, 0.2) is 11.6 Å². The molecule has 0 aromatic carbocycles. The summed E-state index contributed by atoms with van der Waals surface area (Å²) in [5.74, 6) is 5.18. The molecule has 3 saturated carbocycles. The smallest absolute Gasteiger partial charge is 0.0543 e. The molecule has 0 aromatic heterocycles. The molecule has 0 aromatic rings. The minimum atomic E-state index is -0.0355. The number of fused-ring (bicyclic) bond motifs is 5. The van der Waals surface area contributed by atoms with E-state index in [0.29, 0.717) is 10.8 Å². The first kappa shape index (κ1) is 21.0. The maximum absolute atomic E-state index is 10.2. The van der Waals surface area contributed by atoms with E-state index in [2.05, 4.69) is 40.7 Å². The Morgan fingerprint density at radius 1 is 1.04 bits per heavy atom. The van der Waals surface area contributed by atoms with E-state index in [1.54, 1.807) is 0 Å². The Balaban J connectivity index is 1.51. The maximum atomic E-state index is 10.2. The van der Waals surface area contributed by atoms with Crippen molar-refractivity contribution in [3.05, 3.63) is 11.6 Å². The molecule has 3 fully saturated rings. The Labute approximate surface area is 174 Å². The predicted molar refractivity (Wildman–Crippen MR) is 119 cm³/mol. The number of aliphatic hydroxyl groups excluding tert-OH is 1. The van der Waals surface area contributed by atoms with Crippen molar-refractivity contribution in [2.24, 2.45) is 46.3 Å². The zero-order valence-electron chi connectivity index (χ0n) is 19.3. The van der Waals surface area contributed by atoms with Crippen LogP contribution in [0, 0.1) is 46.3 Å². The van der Waals surface area contributed by atoms with Crippen molar-refractivity contribution >= 4 is 0 Å². The second kappa shape index (κ2) is 7.75. The summed E-state index contributed by atoms with van der Waals surface area (Å²) in [7, 11) is 0. The summed E-state index contributed by atoms with van der Waals surface area (Å²) in [5.41, 5.74) is 2.78. The SMILES string of the molecule is CC(C)CCC[C@@H](C)[C@H]1CC[C@H]2[C@@H]3CC[C@H]4C[C@@H](O)CC[C@]4(C)C3=CC[C@]12C. The van der Waals surface area contributed by atoms with E-state index >= 15 is 0 Å². The summed E-state index contributed by atoms with van der Waals surface area (Å²) >= 11 is 0. The van der Waals surface area contributed by atoms with Crippen LogP contribution in [-0.2, 0) is 0 Å². The van der Waals surface area contributed by atoms with Gasteiger partial charge in [0, 0.05) is 0 Å². The van der Waals surface area contributed by atoms with Gasteiger partial charge in [0.2, 0.25) is 0 Å². The molecule has 0 amide bonds. The average molecular weight is 387 g/mol. The Morgan fingerprint density at radius 2 is 1.82 bits per heavy atom. The van der Waals surface area contributed by atoms with Crippen molar-refractivity contribution in [2.75, 3.05) is 0 Å². The molecular weight excluding hydrogens is 340 g/mol. The van der Waals surface area contributed by atoms with Crippen molar-refractivity contribution in [1.82, 2.24) is 0 Å². The molecule has 1 heteroatoms. The lowest BCUT2D eigenvalue weighted by molar-refractivity contribution is -0.0158. The van der Waals surface area contributed by atoms with Crippen molar-refractivity contribution < 1.29 is 5.11 Å². The number of rotatable bonds is 5. The predicted octanol–water partition coefficient (Wildman–Crippen LogP) is 7.39. The first-order valence-corrected chi connectivity index (χ1v) is 12.6. The Morgan fingerprint density at radius 3 is 2.57 bits per heavy atom. The van der Waals surface area contributed by atoms with Crippen LogP contribution in [0.1, 0.15) is 105 Å². The summed E-state index contributed by atoms with van der Waals surface area (Å²) in [6, 6.07) is 0. The number of hydrogen-bond acceptors (Lipinski definition) is 1. The zero-order valence-corrected chi connectivity index (χ0v) is 19.3. The highest BCUT2D eigenvalue weighted by Gasteiger charge is 2.57. The molecule has 4 rings (SSSR count). The van der Waals surface area contributed by atoms with Crippen molar-refractivity contribution in [2.45, 2.75) is 111 Å². The van der Waals surface area contributed by atoms with E-state index < -0.39 is 0 Å². The van der Waals surface area contributed by atoms with Gasteiger partial charge in [0.1, 0.15) is 0 Å². The molecule has 160 valence electrons. The van der Waals surface area contributed by atoms with Crippen molar-refractivity contribution in [3.8, 4) is 0 Å². The Bertz CT molecular complexity index is 591. The van der Waals surface area contributed by atoms with Crippen LogP contribution < -0.4 is 0 Å². The zero-order chi connectivity index (χ0) is 20.1. The standard InChI is InChI=1S/C27H46O/c1-18(2)7-6-8-19(3)23-11-12-24-22-10-9-20-17-21(28)13-15-26(20,4)25(22)14-16-27(23,24)5/h14,18-24,28H,6-13,15-17H2,1-5H3/t19-,20+,21+,22+,23-,24+,26+,27-/m1/s1. The molecule has 1 N–H and O–H groups in total. The van der Waals surface area contributed by atoms with E-state index in [9.17, 15) is 5.11 Å². The van der Waals surface area contributed by atoms with Crippen LogP contribution in [0.25, 0.3) is 0 Å². The minimum Gasteiger partial charge on any atom is -0.393 e. The maximum Gasteiger partial charge on any atom is 0.0543 e. The molecule has 0 radical (unpaired) electrons. The van der Waals surface area contributed by atoms with E-state index in [1.807, 2.05) is 5.57 Å². The minimum absolute atomic E-state index is 0.0355. The third-order valence-corrected chi connectivity index (χ3v) is 10.2. The lowest BCUT2D eigenvalue weighted by atomic mass is 9.48. The highest BCUT2D eigenvalue weighted by molar-refractivity contribution is 5.29. The van der Waals surface area contributed by atoms with Gasteiger partial charge >= 0.3 is 0 Å². The second-order valence-electron chi connectivity index (χ2n) is 12.2. The van der Waals surface area contributed by atoms with Crippen molar-refractivity contribution in [1.29, 1.82) is 0 Å². The summed E-state index contributed by atoms with van der Waals surface area (Å²) in [6.07, 6.45) is 17.3. The summed E-state index contributed by atoms with van der Waals surface area (Å²) in [5, 5.41) is 10.2. The van der Waals surface area contributed by atoms with Crippen molar-refractivity contribution in [3.63, 3.8) is 0 Å². The van der Waals surface area contributed by atoms with Gasteiger partial charge in [-0.05, 0) is 97.7 Å². The molecular formula is C27H46O. The molecule has 0 unspecified atom stereocenters. The molecule has 0 spiro atoms. The molecule has 4 aliphatic rings. The molecule has 0 saturated heterocycles. The van der Waals surface area contributed by atoms with E-state index in [1.165, 1.54) is 57.8 Å². The van der Waals surface area contributed by atoms with E-state index in [-0.39, 0.29) is 6.10 Å². The van der Waals surface area contributed by atoms with Crippen LogP contribution in [0.3, 0.4) is 0 Å². The van der Waals surface area contributed by atoms with Crippen LogP contribution >= 0.6 is 0 Å². The van der Waals surface area contributed by atoms with Crippen LogP contribution in [0.5, 0.6) is 0 Å². The highest BCUT2D eigenvalue weighted by atomic mass is 16.3. The normalized spacial score (nSPS) is 46.5. The first-order chi connectivity index (χ1) is 13.3. The molecule has 0 aliphatic heterocycles. The molecule has 0 heterocycles. The van der Waals surface area contributed by atoms with E-state index in [0.717, 1.165) is 48.3 Å². The Hall–Kier alpha value is -0.300. The number of aliphatic hydroxyl groups is 1. The van der Waals surface area contributed by atoms with E-state index in [4.69, 9.17) is 0 Å². The van der Waals surface area contributed by atoms with Gasteiger partial charge in [-0.25, -0.2) is 0 Å². The van der Waals surface area contributed by atoms with Gasteiger partial charge in [-0.1, -0.05) is 65.5 Å². The van der Waals surface area contributed by atoms with Gasteiger partial charge < -0.3 is 5.11 Å². The van der Waals surface area contributed by atoms with Gasteiger partial charge in [0.25, 0.3) is 0 Å². The van der Waals surface area contributed by atoms with Gasteiger partial charge in [-0.15, -0.1) is 0 Å². The highest BCUT2D eigenvalue weighted by Crippen LogP contribution is 2.66.